The largest absolute Gasteiger partial charge is 0.365 e. The van der Waals surface area contributed by atoms with Crippen molar-refractivity contribution in [3.63, 3.8) is 0 Å². The van der Waals surface area contributed by atoms with Crippen molar-refractivity contribution < 1.29 is 18.7 Å². The molecule has 2 aromatic carbocycles. The number of amides is 2. The van der Waals surface area contributed by atoms with Crippen LogP contribution in [0.4, 0.5) is 10.1 Å². The Kier molecular flexibility index (Phi) is 5.86. The highest BCUT2D eigenvalue weighted by atomic mass is 19.1. The zero-order valence-corrected chi connectivity index (χ0v) is 15.4. The number of benzene rings is 2. The molecule has 6 heteroatoms. The zero-order chi connectivity index (χ0) is 19.4. The van der Waals surface area contributed by atoms with Gasteiger partial charge in [0.2, 0.25) is 0 Å². The number of carbonyl (C=O) groups excluding carboxylic acids is 2. The van der Waals surface area contributed by atoms with E-state index in [1.165, 1.54) is 23.8 Å². The second-order valence-corrected chi connectivity index (χ2v) is 6.90. The molecule has 1 heterocycles. The number of nitrogens with one attached hydrogen (secondary N) is 1. The van der Waals surface area contributed by atoms with Crippen LogP contribution in [0.3, 0.4) is 0 Å². The van der Waals surface area contributed by atoms with Crippen LogP contribution in [0.2, 0.25) is 0 Å². The highest BCUT2D eigenvalue weighted by Crippen LogP contribution is 2.22. The van der Waals surface area contributed by atoms with E-state index in [-0.39, 0.29) is 36.6 Å². The van der Waals surface area contributed by atoms with Gasteiger partial charge in [-0.3, -0.25) is 9.59 Å². The van der Waals surface area contributed by atoms with Crippen LogP contribution in [-0.2, 0) is 9.53 Å². The molecule has 2 aromatic rings. The topological polar surface area (TPSA) is 58.6 Å². The summed E-state index contributed by atoms with van der Waals surface area (Å²) in [5, 5.41) is 2.74. The molecule has 0 saturated carbocycles. The minimum atomic E-state index is -0.460. The molecule has 1 aliphatic heterocycles. The molecule has 142 valence electrons. The van der Waals surface area contributed by atoms with Gasteiger partial charge in [-0.2, -0.15) is 0 Å². The molecular formula is C21H23FN2O3. The fraction of sp³-hybridized carbons (Fsp3) is 0.333. The first-order valence-corrected chi connectivity index (χ1v) is 8.99. The molecule has 0 aromatic heterocycles. The summed E-state index contributed by atoms with van der Waals surface area (Å²) in [7, 11) is 0. The first-order chi connectivity index (χ1) is 12.9. The second kappa shape index (κ2) is 8.31. The molecule has 0 radical (unpaired) electrons. The number of hydrogen-bond donors (Lipinski definition) is 1. The van der Waals surface area contributed by atoms with Gasteiger partial charge in [0.05, 0.1) is 12.6 Å². The van der Waals surface area contributed by atoms with E-state index >= 15 is 0 Å². The predicted octanol–water partition coefficient (Wildman–Crippen LogP) is 3.11. The maximum Gasteiger partial charge on any atom is 0.253 e. The Hall–Kier alpha value is -2.73. The van der Waals surface area contributed by atoms with Crippen LogP contribution in [0.5, 0.6) is 0 Å². The summed E-state index contributed by atoms with van der Waals surface area (Å²) >= 11 is 0. The van der Waals surface area contributed by atoms with E-state index in [0.717, 1.165) is 5.69 Å². The van der Waals surface area contributed by atoms with Crippen LogP contribution in [0.1, 0.15) is 35.7 Å². The number of carbonyl (C=O) groups is 2. The summed E-state index contributed by atoms with van der Waals surface area (Å²) < 4.78 is 18.8. The van der Waals surface area contributed by atoms with Crippen molar-refractivity contribution in [3.8, 4) is 0 Å². The minimum Gasteiger partial charge on any atom is -0.365 e. The summed E-state index contributed by atoms with van der Waals surface area (Å²) in [6.07, 6.45) is -0.329. The van der Waals surface area contributed by atoms with Gasteiger partial charge in [-0.05, 0) is 41.8 Å². The van der Waals surface area contributed by atoms with Crippen LogP contribution < -0.4 is 10.2 Å². The number of morpholine rings is 1. The van der Waals surface area contributed by atoms with Gasteiger partial charge in [0.15, 0.2) is 0 Å². The number of rotatable bonds is 5. The van der Waals surface area contributed by atoms with E-state index in [0.29, 0.717) is 12.5 Å². The Morgan fingerprint density at radius 1 is 1.26 bits per heavy atom. The van der Waals surface area contributed by atoms with Gasteiger partial charge in [0, 0.05) is 17.8 Å². The summed E-state index contributed by atoms with van der Waals surface area (Å²) in [6.45, 7) is 4.79. The third-order valence-electron chi connectivity index (χ3n) is 4.58. The summed E-state index contributed by atoms with van der Waals surface area (Å²) in [4.78, 5) is 26.0. The molecule has 0 aliphatic carbocycles. The van der Waals surface area contributed by atoms with Crippen molar-refractivity contribution in [3.05, 3.63) is 65.5 Å². The third-order valence-corrected chi connectivity index (χ3v) is 4.58. The van der Waals surface area contributed by atoms with Gasteiger partial charge in [0.1, 0.15) is 12.4 Å². The van der Waals surface area contributed by atoms with Gasteiger partial charge >= 0.3 is 0 Å². The molecule has 0 bridgehead atoms. The van der Waals surface area contributed by atoms with Crippen molar-refractivity contribution in [1.82, 2.24) is 5.32 Å². The molecule has 2 amide bonds. The van der Waals surface area contributed by atoms with Crippen molar-refractivity contribution >= 4 is 17.5 Å². The highest BCUT2D eigenvalue weighted by molar-refractivity contribution is 5.95. The van der Waals surface area contributed by atoms with Gasteiger partial charge in [0.25, 0.3) is 11.8 Å². The number of ether oxygens (including phenoxy) is 1. The molecule has 5 nitrogen and oxygen atoms in total. The average molecular weight is 370 g/mol. The van der Waals surface area contributed by atoms with E-state index in [1.807, 2.05) is 24.3 Å². The van der Waals surface area contributed by atoms with Gasteiger partial charge in [-0.1, -0.05) is 32.0 Å². The quantitative estimate of drug-likeness (QED) is 0.880. The lowest BCUT2D eigenvalue weighted by molar-refractivity contribution is -0.129. The van der Waals surface area contributed by atoms with Crippen LogP contribution in [0, 0.1) is 5.82 Å². The van der Waals surface area contributed by atoms with Crippen LogP contribution in [0.15, 0.2) is 48.5 Å². The highest BCUT2D eigenvalue weighted by Gasteiger charge is 2.27. The summed E-state index contributed by atoms with van der Waals surface area (Å²) in [6, 6.07) is 13.4. The monoisotopic (exact) mass is 370 g/mol. The number of hydrogen-bond acceptors (Lipinski definition) is 3. The van der Waals surface area contributed by atoms with Crippen LogP contribution in [-0.4, -0.2) is 37.6 Å². The molecule has 1 aliphatic rings. The number of anilines is 1. The fourth-order valence-corrected chi connectivity index (χ4v) is 2.98. The lowest BCUT2D eigenvalue weighted by Gasteiger charge is -2.33. The Bertz CT molecular complexity index is 820. The minimum absolute atomic E-state index is 0.0353. The van der Waals surface area contributed by atoms with Gasteiger partial charge < -0.3 is 15.0 Å². The molecule has 1 saturated heterocycles. The lowest BCUT2D eigenvalue weighted by Crippen LogP contribution is -2.50. The standard InChI is InChI=1S/C21H23FN2O3/c1-14(2)15-6-8-18(9-7-15)24-12-19(27-13-20(24)25)11-23-21(26)16-4-3-5-17(22)10-16/h3-10,14,19H,11-13H2,1-2H3,(H,23,26). The van der Waals surface area contributed by atoms with E-state index in [4.69, 9.17) is 4.74 Å². The van der Waals surface area contributed by atoms with E-state index in [1.54, 1.807) is 11.0 Å². The predicted molar refractivity (Wildman–Crippen MR) is 101 cm³/mol. The van der Waals surface area contributed by atoms with Crippen molar-refractivity contribution in [1.29, 1.82) is 0 Å². The maximum absolute atomic E-state index is 13.2. The van der Waals surface area contributed by atoms with Crippen molar-refractivity contribution in [2.75, 3.05) is 24.6 Å². The Labute approximate surface area is 158 Å². The molecule has 1 atom stereocenters. The Morgan fingerprint density at radius 3 is 2.67 bits per heavy atom. The molecule has 27 heavy (non-hydrogen) atoms. The van der Waals surface area contributed by atoms with Gasteiger partial charge in [-0.15, -0.1) is 0 Å². The fourth-order valence-electron chi connectivity index (χ4n) is 2.98. The van der Waals surface area contributed by atoms with E-state index < -0.39 is 5.82 Å². The molecular weight excluding hydrogens is 347 g/mol. The van der Waals surface area contributed by atoms with Crippen molar-refractivity contribution in [2.45, 2.75) is 25.9 Å². The van der Waals surface area contributed by atoms with E-state index in [2.05, 4.69) is 19.2 Å². The zero-order valence-electron chi connectivity index (χ0n) is 15.4. The first kappa shape index (κ1) is 19.0. The molecule has 0 spiro atoms. The third kappa shape index (κ3) is 4.71. The number of nitrogens with zero attached hydrogens (tertiary/aromatic N) is 1. The maximum atomic E-state index is 13.2. The normalized spacial score (nSPS) is 17.3. The van der Waals surface area contributed by atoms with Crippen molar-refractivity contribution in [2.24, 2.45) is 0 Å². The molecule has 1 fully saturated rings. The average Bonchev–Trinajstić information content (AvgIpc) is 2.67. The van der Waals surface area contributed by atoms with Crippen LogP contribution in [0.25, 0.3) is 0 Å². The first-order valence-electron chi connectivity index (χ1n) is 8.99. The molecule has 3 rings (SSSR count). The number of halogens is 1. The Balaban J connectivity index is 1.61. The smallest absolute Gasteiger partial charge is 0.253 e. The molecule has 1 N–H and O–H groups in total. The lowest BCUT2D eigenvalue weighted by atomic mass is 10.0. The second-order valence-electron chi connectivity index (χ2n) is 6.90. The Morgan fingerprint density at radius 2 is 2.00 bits per heavy atom. The SMILES string of the molecule is CC(C)c1ccc(N2CC(CNC(=O)c3cccc(F)c3)OCC2=O)cc1. The van der Waals surface area contributed by atoms with E-state index in [9.17, 15) is 14.0 Å². The molecule has 1 unspecified atom stereocenters. The van der Waals surface area contributed by atoms with Crippen LogP contribution >= 0.6 is 0 Å². The van der Waals surface area contributed by atoms with Gasteiger partial charge in [-0.25, -0.2) is 4.39 Å². The summed E-state index contributed by atoms with van der Waals surface area (Å²) in [5.74, 6) is -0.522. The summed E-state index contributed by atoms with van der Waals surface area (Å²) in [5.41, 5.74) is 2.27.